The molecule has 0 radical (unpaired) electrons. The lowest BCUT2D eigenvalue weighted by molar-refractivity contribution is -0.139. The van der Waals surface area contributed by atoms with Crippen LogP contribution >= 0.6 is 0 Å². The van der Waals surface area contributed by atoms with Crippen molar-refractivity contribution in [2.24, 2.45) is 0 Å². The third kappa shape index (κ3) is 3.87. The van der Waals surface area contributed by atoms with Gasteiger partial charge in [-0.05, 0) is 19.1 Å². The average Bonchev–Trinajstić information content (AvgIpc) is 2.38. The van der Waals surface area contributed by atoms with E-state index in [9.17, 15) is 9.59 Å². The first kappa shape index (κ1) is 14.8. The average molecular weight is 267 g/mol. The number of hydrogen-bond acceptors (Lipinski definition) is 4. The molecule has 0 saturated carbocycles. The number of hydrogen-bond donors (Lipinski definition) is 2. The Morgan fingerprint density at radius 3 is 2.47 bits per heavy atom. The summed E-state index contributed by atoms with van der Waals surface area (Å²) < 4.78 is 5.18. The van der Waals surface area contributed by atoms with E-state index in [1.54, 1.807) is 24.3 Å². The second-order valence-electron chi connectivity index (χ2n) is 4.02. The van der Waals surface area contributed by atoms with Gasteiger partial charge in [-0.15, -0.1) is 0 Å². The van der Waals surface area contributed by atoms with Crippen LogP contribution in [0.15, 0.2) is 24.3 Å². The van der Waals surface area contributed by atoms with E-state index in [2.05, 4.69) is 0 Å². The second-order valence-corrected chi connectivity index (χ2v) is 4.02. The number of ether oxygens (including phenoxy) is 1. The van der Waals surface area contributed by atoms with Crippen LogP contribution in [0.2, 0.25) is 0 Å². The molecule has 6 heteroatoms. The number of carboxylic acid groups (broad SMARTS) is 2. The van der Waals surface area contributed by atoms with Crippen LogP contribution in [0.4, 0.5) is 5.69 Å². The molecule has 1 aromatic carbocycles. The van der Waals surface area contributed by atoms with Crippen LogP contribution in [0.25, 0.3) is 0 Å². The molecule has 0 heterocycles. The molecule has 0 aliphatic heterocycles. The van der Waals surface area contributed by atoms with Crippen LogP contribution < -0.4 is 9.64 Å². The Kier molecular flexibility index (Phi) is 5.17. The van der Waals surface area contributed by atoms with Crippen LogP contribution in [0.3, 0.4) is 0 Å². The lowest BCUT2D eigenvalue weighted by Crippen LogP contribution is -2.40. The summed E-state index contributed by atoms with van der Waals surface area (Å²) in [5, 5.41) is 17.9. The summed E-state index contributed by atoms with van der Waals surface area (Å²) in [6.45, 7) is 1.61. The molecule has 1 aromatic rings. The SMILES string of the molecule is COc1ccccc1N(CCC(=O)O)C(C)C(=O)O. The van der Waals surface area contributed by atoms with Gasteiger partial charge < -0.3 is 19.8 Å². The predicted octanol–water partition coefficient (Wildman–Crippen LogP) is 1.45. The maximum atomic E-state index is 11.1. The van der Waals surface area contributed by atoms with E-state index in [0.717, 1.165) is 0 Å². The standard InChI is InChI=1S/C13H17NO5/c1-9(13(17)18)14(8-7-12(15)16)10-5-3-4-6-11(10)19-2/h3-6,9H,7-8H2,1-2H3,(H,15,16)(H,17,18). The molecule has 0 aliphatic rings. The molecule has 1 atom stereocenters. The number of benzene rings is 1. The van der Waals surface area contributed by atoms with Crippen LogP contribution in [-0.2, 0) is 9.59 Å². The maximum absolute atomic E-state index is 11.1. The van der Waals surface area contributed by atoms with E-state index in [4.69, 9.17) is 14.9 Å². The number of anilines is 1. The predicted molar refractivity (Wildman–Crippen MR) is 69.7 cm³/mol. The van der Waals surface area contributed by atoms with E-state index in [1.165, 1.54) is 18.9 Å². The van der Waals surface area contributed by atoms with Crippen molar-refractivity contribution in [2.45, 2.75) is 19.4 Å². The molecule has 2 N–H and O–H groups in total. The minimum Gasteiger partial charge on any atom is -0.495 e. The normalized spacial score (nSPS) is 11.7. The molecule has 1 unspecified atom stereocenters. The summed E-state index contributed by atoms with van der Waals surface area (Å²) in [6, 6.07) is 6.09. The zero-order valence-corrected chi connectivity index (χ0v) is 10.9. The molecular weight excluding hydrogens is 250 g/mol. The van der Waals surface area contributed by atoms with Gasteiger partial charge in [-0.2, -0.15) is 0 Å². The number of para-hydroxylation sites is 2. The molecule has 0 aliphatic carbocycles. The van der Waals surface area contributed by atoms with E-state index in [0.29, 0.717) is 11.4 Å². The largest absolute Gasteiger partial charge is 0.495 e. The van der Waals surface area contributed by atoms with Gasteiger partial charge in [-0.1, -0.05) is 12.1 Å². The third-order valence-electron chi connectivity index (χ3n) is 2.79. The number of nitrogens with zero attached hydrogens (tertiary/aromatic N) is 1. The fourth-order valence-electron chi connectivity index (χ4n) is 1.74. The van der Waals surface area contributed by atoms with Gasteiger partial charge in [0.15, 0.2) is 0 Å². The number of carbonyl (C=O) groups is 2. The number of carboxylic acids is 2. The maximum Gasteiger partial charge on any atom is 0.326 e. The van der Waals surface area contributed by atoms with Gasteiger partial charge in [0, 0.05) is 6.54 Å². The highest BCUT2D eigenvalue weighted by Crippen LogP contribution is 2.29. The van der Waals surface area contributed by atoms with Gasteiger partial charge in [0.1, 0.15) is 11.8 Å². The number of methoxy groups -OCH3 is 1. The zero-order chi connectivity index (χ0) is 14.4. The lowest BCUT2D eigenvalue weighted by atomic mass is 10.2. The topological polar surface area (TPSA) is 87.1 Å². The van der Waals surface area contributed by atoms with Crippen molar-refractivity contribution < 1.29 is 24.5 Å². The minimum absolute atomic E-state index is 0.100. The van der Waals surface area contributed by atoms with Gasteiger partial charge in [0.05, 0.1) is 19.2 Å². The minimum atomic E-state index is -1.02. The van der Waals surface area contributed by atoms with Crippen molar-refractivity contribution in [1.29, 1.82) is 0 Å². The summed E-state index contributed by atoms with van der Waals surface area (Å²) in [5.41, 5.74) is 0.571. The molecule has 0 amide bonds. The van der Waals surface area contributed by atoms with Gasteiger partial charge in [0.2, 0.25) is 0 Å². The fraction of sp³-hybridized carbons (Fsp3) is 0.385. The van der Waals surface area contributed by atoms with Gasteiger partial charge in [-0.25, -0.2) is 4.79 Å². The Morgan fingerprint density at radius 1 is 1.32 bits per heavy atom. The highest BCUT2D eigenvalue weighted by atomic mass is 16.5. The summed E-state index contributed by atoms with van der Waals surface area (Å²) in [4.78, 5) is 23.3. The zero-order valence-electron chi connectivity index (χ0n) is 10.9. The molecule has 0 aromatic heterocycles. The van der Waals surface area contributed by atoms with E-state index in [-0.39, 0.29) is 13.0 Å². The van der Waals surface area contributed by atoms with Gasteiger partial charge >= 0.3 is 11.9 Å². The lowest BCUT2D eigenvalue weighted by Gasteiger charge is -2.29. The summed E-state index contributed by atoms with van der Waals surface area (Å²) in [7, 11) is 1.49. The highest BCUT2D eigenvalue weighted by molar-refractivity contribution is 5.79. The summed E-state index contributed by atoms with van der Waals surface area (Å²) in [5.74, 6) is -1.48. The van der Waals surface area contributed by atoms with Crippen molar-refractivity contribution in [3.05, 3.63) is 24.3 Å². The monoisotopic (exact) mass is 267 g/mol. The van der Waals surface area contributed by atoms with Crippen molar-refractivity contribution in [3.63, 3.8) is 0 Å². The molecule has 104 valence electrons. The molecular formula is C13H17NO5. The molecule has 1 rings (SSSR count). The Morgan fingerprint density at radius 2 is 1.95 bits per heavy atom. The first-order valence-corrected chi connectivity index (χ1v) is 5.81. The Hall–Kier alpha value is -2.24. The van der Waals surface area contributed by atoms with E-state index < -0.39 is 18.0 Å². The van der Waals surface area contributed by atoms with Gasteiger partial charge in [-0.3, -0.25) is 4.79 Å². The molecule has 0 fully saturated rings. The van der Waals surface area contributed by atoms with Crippen molar-refractivity contribution in [3.8, 4) is 5.75 Å². The van der Waals surface area contributed by atoms with E-state index in [1.807, 2.05) is 0 Å². The Labute approximate surface area is 111 Å². The first-order valence-electron chi connectivity index (χ1n) is 5.81. The Bertz CT molecular complexity index is 460. The van der Waals surface area contributed by atoms with Crippen molar-refractivity contribution in [1.82, 2.24) is 0 Å². The van der Waals surface area contributed by atoms with Crippen LogP contribution in [0.1, 0.15) is 13.3 Å². The second kappa shape index (κ2) is 6.63. The van der Waals surface area contributed by atoms with Crippen molar-refractivity contribution >= 4 is 17.6 Å². The van der Waals surface area contributed by atoms with Gasteiger partial charge in [0.25, 0.3) is 0 Å². The molecule has 6 nitrogen and oxygen atoms in total. The van der Waals surface area contributed by atoms with E-state index >= 15 is 0 Å². The molecule has 0 bridgehead atoms. The van der Waals surface area contributed by atoms with Crippen molar-refractivity contribution in [2.75, 3.05) is 18.6 Å². The highest BCUT2D eigenvalue weighted by Gasteiger charge is 2.23. The van der Waals surface area contributed by atoms with Crippen LogP contribution in [0.5, 0.6) is 5.75 Å². The quantitative estimate of drug-likeness (QED) is 0.777. The number of aliphatic carboxylic acids is 2. The van der Waals surface area contributed by atoms with Crippen LogP contribution in [-0.4, -0.2) is 41.8 Å². The molecule has 19 heavy (non-hydrogen) atoms. The van der Waals surface area contributed by atoms with Crippen LogP contribution in [0, 0.1) is 0 Å². The molecule has 0 saturated heterocycles. The smallest absolute Gasteiger partial charge is 0.326 e. The summed E-state index contributed by atoms with van der Waals surface area (Å²) in [6.07, 6.45) is -0.143. The molecule has 0 spiro atoms. The Balaban J connectivity index is 3.07. The first-order chi connectivity index (χ1) is 8.97. The number of rotatable bonds is 7. The third-order valence-corrected chi connectivity index (χ3v) is 2.79. The summed E-state index contributed by atoms with van der Waals surface area (Å²) >= 11 is 0. The fourth-order valence-corrected chi connectivity index (χ4v) is 1.74.